The Bertz CT molecular complexity index is 354. The quantitative estimate of drug-likeness (QED) is 0.271. The molecule has 0 aliphatic rings. The molecule has 0 aromatic rings. The molecule has 9 nitrogen and oxygen atoms in total. The van der Waals surface area contributed by atoms with E-state index in [1.54, 1.807) is 0 Å². The van der Waals surface area contributed by atoms with Gasteiger partial charge in [-0.25, -0.2) is 4.18 Å². The predicted molar refractivity (Wildman–Crippen MR) is 43.8 cm³/mol. The highest BCUT2D eigenvalue weighted by Gasteiger charge is 2.17. The van der Waals surface area contributed by atoms with Crippen LogP contribution < -0.4 is 6.15 Å². The molecular weight excluding hydrogens is 242 g/mol. The first-order chi connectivity index (χ1) is 5.77. The van der Waals surface area contributed by atoms with Gasteiger partial charge in [-0.15, -0.1) is 6.58 Å². The van der Waals surface area contributed by atoms with Crippen molar-refractivity contribution in [2.45, 2.75) is 0 Å². The summed E-state index contributed by atoms with van der Waals surface area (Å²) in [5.74, 6) is 0. The Morgan fingerprint density at radius 2 is 1.71 bits per heavy atom. The third-order valence-corrected chi connectivity index (χ3v) is 1.51. The van der Waals surface area contributed by atoms with Crippen LogP contribution in [-0.2, 0) is 33.6 Å². The maximum Gasteiger partial charge on any atom is 0.428 e. The zero-order valence-electron chi connectivity index (χ0n) is 6.82. The van der Waals surface area contributed by atoms with Crippen molar-refractivity contribution in [3.8, 4) is 0 Å². The lowest BCUT2D eigenvalue weighted by Crippen LogP contribution is -2.14. The van der Waals surface area contributed by atoms with Crippen LogP contribution >= 0.6 is 0 Å². The molecule has 86 valence electrons. The number of hydrogen-bond acceptors (Lipinski definition) is 8. The molecule has 0 saturated heterocycles. The minimum atomic E-state index is -4.99. The van der Waals surface area contributed by atoms with Crippen molar-refractivity contribution in [2.24, 2.45) is 0 Å². The van der Waals surface area contributed by atoms with Gasteiger partial charge in [-0.2, -0.15) is 16.8 Å². The molecule has 0 bridgehead atoms. The lowest BCUT2D eigenvalue weighted by atomic mass is 10.7. The minimum absolute atomic E-state index is 0. The van der Waals surface area contributed by atoms with Crippen molar-refractivity contribution in [1.82, 2.24) is 6.15 Å². The SMILES string of the molecule is C=CCOS(=O)(=O)OOS(=O)(=O)O.N. The van der Waals surface area contributed by atoms with E-state index in [4.69, 9.17) is 4.55 Å². The highest BCUT2D eigenvalue weighted by molar-refractivity contribution is 7.83. The van der Waals surface area contributed by atoms with Gasteiger partial charge < -0.3 is 6.15 Å². The Morgan fingerprint density at radius 3 is 2.07 bits per heavy atom. The summed E-state index contributed by atoms with van der Waals surface area (Å²) < 4.78 is 58.7. The Morgan fingerprint density at radius 1 is 1.21 bits per heavy atom. The molecule has 0 rings (SSSR count). The second kappa shape index (κ2) is 6.02. The molecule has 0 aromatic carbocycles. The molecule has 14 heavy (non-hydrogen) atoms. The fraction of sp³-hybridized carbons (Fsp3) is 0.333. The van der Waals surface area contributed by atoms with Crippen LogP contribution in [0, 0.1) is 0 Å². The molecule has 0 fully saturated rings. The standard InChI is InChI=1S/C3H6O8S2.H3N/c1-2-3-9-13(7,8)11-10-12(4,5)6;/h2H,1,3H2,(H,4,5,6);1H3. The molecule has 0 aromatic heterocycles. The third-order valence-electron chi connectivity index (χ3n) is 0.527. The van der Waals surface area contributed by atoms with Gasteiger partial charge in [0.15, 0.2) is 0 Å². The molecule has 0 unspecified atom stereocenters. The van der Waals surface area contributed by atoms with Gasteiger partial charge in [0.25, 0.3) is 0 Å². The van der Waals surface area contributed by atoms with E-state index in [-0.39, 0.29) is 6.15 Å². The normalized spacial score (nSPS) is 11.8. The monoisotopic (exact) mass is 251 g/mol. The van der Waals surface area contributed by atoms with Gasteiger partial charge in [0.05, 0.1) is 6.61 Å². The Labute approximate surface area is 81.1 Å². The van der Waals surface area contributed by atoms with Crippen molar-refractivity contribution in [3.05, 3.63) is 12.7 Å². The van der Waals surface area contributed by atoms with E-state index in [0.717, 1.165) is 6.08 Å². The average Bonchev–Trinajstić information content (AvgIpc) is 1.97. The predicted octanol–water partition coefficient (Wildman–Crippen LogP) is -0.653. The molecule has 0 amide bonds. The van der Waals surface area contributed by atoms with Crippen LogP contribution in [0.25, 0.3) is 0 Å². The summed E-state index contributed by atoms with van der Waals surface area (Å²) in [7, 11) is -9.60. The van der Waals surface area contributed by atoms with Crippen LogP contribution in [0.1, 0.15) is 0 Å². The molecular formula is C3H9NO8S2. The van der Waals surface area contributed by atoms with E-state index >= 15 is 0 Å². The first-order valence-electron chi connectivity index (χ1n) is 2.62. The Hall–Kier alpha value is -0.560. The van der Waals surface area contributed by atoms with Gasteiger partial charge in [0.2, 0.25) is 0 Å². The lowest BCUT2D eigenvalue weighted by Gasteiger charge is -1.99. The van der Waals surface area contributed by atoms with E-state index in [2.05, 4.69) is 19.4 Å². The van der Waals surface area contributed by atoms with Crippen LogP contribution in [0.15, 0.2) is 12.7 Å². The van der Waals surface area contributed by atoms with Crippen LogP contribution in [0.2, 0.25) is 0 Å². The summed E-state index contributed by atoms with van der Waals surface area (Å²) in [6, 6.07) is 0. The van der Waals surface area contributed by atoms with Gasteiger partial charge in [0.1, 0.15) is 0 Å². The van der Waals surface area contributed by atoms with Crippen molar-refractivity contribution in [3.63, 3.8) is 0 Å². The maximum atomic E-state index is 10.4. The fourth-order valence-corrected chi connectivity index (χ4v) is 1.08. The van der Waals surface area contributed by atoms with Gasteiger partial charge >= 0.3 is 20.8 Å². The van der Waals surface area contributed by atoms with Crippen LogP contribution in [0.4, 0.5) is 0 Å². The second-order valence-corrected chi connectivity index (χ2v) is 3.73. The van der Waals surface area contributed by atoms with Gasteiger partial charge in [-0.1, -0.05) is 14.7 Å². The van der Waals surface area contributed by atoms with Gasteiger partial charge in [-0.05, 0) is 0 Å². The highest BCUT2D eigenvalue weighted by Crippen LogP contribution is 1.99. The van der Waals surface area contributed by atoms with Crippen LogP contribution in [0.5, 0.6) is 0 Å². The number of hydrogen-bond donors (Lipinski definition) is 2. The second-order valence-electron chi connectivity index (χ2n) is 1.55. The van der Waals surface area contributed by atoms with Gasteiger partial charge in [0, 0.05) is 0 Å². The molecule has 0 heterocycles. The summed E-state index contributed by atoms with van der Waals surface area (Å²) in [6.45, 7) is 2.70. The van der Waals surface area contributed by atoms with E-state index in [0.29, 0.717) is 0 Å². The molecule has 0 aliphatic carbocycles. The average molecular weight is 251 g/mol. The van der Waals surface area contributed by atoms with Crippen LogP contribution in [-0.4, -0.2) is 28.0 Å². The zero-order chi connectivity index (χ0) is 10.5. The highest BCUT2D eigenvalue weighted by atomic mass is 32.3. The summed E-state index contributed by atoms with van der Waals surface area (Å²) >= 11 is 0. The third kappa shape index (κ3) is 9.53. The first kappa shape index (κ1) is 15.9. The summed E-state index contributed by atoms with van der Waals surface area (Å²) in [4.78, 5) is 0. The Kier molecular flexibility index (Phi) is 6.84. The van der Waals surface area contributed by atoms with Crippen molar-refractivity contribution >= 4 is 20.8 Å². The van der Waals surface area contributed by atoms with Crippen molar-refractivity contribution in [2.75, 3.05) is 6.61 Å². The first-order valence-corrected chi connectivity index (χ1v) is 5.32. The molecule has 0 atom stereocenters. The minimum Gasteiger partial charge on any atom is -0.344 e. The molecule has 0 spiro atoms. The topological polar surface area (TPSA) is 151 Å². The van der Waals surface area contributed by atoms with Gasteiger partial charge in [-0.3, -0.25) is 4.55 Å². The smallest absolute Gasteiger partial charge is 0.344 e. The zero-order valence-corrected chi connectivity index (χ0v) is 8.45. The summed E-state index contributed by atoms with van der Waals surface area (Å²) in [5, 5.41) is 0. The molecule has 4 N–H and O–H groups in total. The van der Waals surface area contributed by atoms with Crippen molar-refractivity contribution in [1.29, 1.82) is 0 Å². The van der Waals surface area contributed by atoms with E-state index < -0.39 is 27.4 Å². The largest absolute Gasteiger partial charge is 0.428 e. The summed E-state index contributed by atoms with van der Waals surface area (Å²) in [5.41, 5.74) is 0. The molecule has 0 saturated carbocycles. The Balaban J connectivity index is 0. The molecule has 11 heteroatoms. The summed E-state index contributed by atoms with van der Waals surface area (Å²) in [6.07, 6.45) is 1.08. The molecule has 0 aliphatic heterocycles. The number of rotatable bonds is 6. The van der Waals surface area contributed by atoms with E-state index in [1.807, 2.05) is 0 Å². The van der Waals surface area contributed by atoms with Crippen molar-refractivity contribution < 1.29 is 34.2 Å². The van der Waals surface area contributed by atoms with E-state index in [9.17, 15) is 16.8 Å². The molecule has 0 radical (unpaired) electrons. The fourth-order valence-electron chi connectivity index (χ4n) is 0.220. The van der Waals surface area contributed by atoms with E-state index in [1.165, 1.54) is 0 Å². The van der Waals surface area contributed by atoms with Crippen LogP contribution in [0.3, 0.4) is 0 Å². The maximum absolute atomic E-state index is 10.4. The lowest BCUT2D eigenvalue weighted by molar-refractivity contribution is -0.107.